The van der Waals surface area contributed by atoms with E-state index in [0.29, 0.717) is 17.2 Å². The first kappa shape index (κ1) is 13.8. The van der Waals surface area contributed by atoms with Gasteiger partial charge in [-0.1, -0.05) is 29.8 Å². The lowest BCUT2D eigenvalue weighted by Crippen LogP contribution is -1.97. The van der Waals surface area contributed by atoms with Crippen LogP contribution in [0.15, 0.2) is 47.4 Å². The standard InChI is InChI=1S/C15H12ClNOS/c1-19-15-5-3-2-4-14(15)18-10-12-7-6-11(9-17)8-13(12)16/h2-8H,10H2,1H3. The molecule has 0 amide bonds. The number of hydrogen-bond acceptors (Lipinski definition) is 3. The zero-order chi connectivity index (χ0) is 13.7. The number of thioether (sulfide) groups is 1. The van der Waals surface area contributed by atoms with Crippen molar-refractivity contribution in [3.63, 3.8) is 0 Å². The molecule has 19 heavy (non-hydrogen) atoms. The van der Waals surface area contributed by atoms with Crippen LogP contribution >= 0.6 is 23.4 Å². The average molecular weight is 290 g/mol. The van der Waals surface area contributed by atoms with Crippen molar-refractivity contribution >= 4 is 23.4 Å². The summed E-state index contributed by atoms with van der Waals surface area (Å²) in [6.07, 6.45) is 2.01. The number of nitriles is 1. The molecule has 0 aliphatic rings. The van der Waals surface area contributed by atoms with Gasteiger partial charge < -0.3 is 4.74 Å². The van der Waals surface area contributed by atoms with E-state index < -0.39 is 0 Å². The number of nitrogens with zero attached hydrogens (tertiary/aromatic N) is 1. The van der Waals surface area contributed by atoms with Crippen molar-refractivity contribution < 1.29 is 4.74 Å². The molecule has 2 nitrogen and oxygen atoms in total. The summed E-state index contributed by atoms with van der Waals surface area (Å²) in [4.78, 5) is 1.09. The van der Waals surface area contributed by atoms with Crippen LogP contribution in [-0.4, -0.2) is 6.26 Å². The fourth-order valence-electron chi connectivity index (χ4n) is 1.63. The monoisotopic (exact) mass is 289 g/mol. The molecule has 0 unspecified atom stereocenters. The Kier molecular flexibility index (Phi) is 4.73. The molecule has 2 rings (SSSR count). The number of benzene rings is 2. The SMILES string of the molecule is CSc1ccccc1OCc1ccc(C#N)cc1Cl. The number of halogens is 1. The smallest absolute Gasteiger partial charge is 0.133 e. The highest BCUT2D eigenvalue weighted by atomic mass is 35.5. The maximum atomic E-state index is 8.79. The molecule has 0 saturated carbocycles. The molecule has 0 bridgehead atoms. The summed E-state index contributed by atoms with van der Waals surface area (Å²) >= 11 is 7.75. The minimum Gasteiger partial charge on any atom is -0.488 e. The average Bonchev–Trinajstić information content (AvgIpc) is 2.46. The summed E-state index contributed by atoms with van der Waals surface area (Å²) in [5, 5.41) is 9.34. The second-order valence-electron chi connectivity index (χ2n) is 3.86. The first-order valence-electron chi connectivity index (χ1n) is 5.69. The molecule has 0 aliphatic carbocycles. The van der Waals surface area contributed by atoms with Crippen LogP contribution in [0.3, 0.4) is 0 Å². The van der Waals surface area contributed by atoms with Gasteiger partial charge in [0.1, 0.15) is 12.4 Å². The lowest BCUT2D eigenvalue weighted by molar-refractivity contribution is 0.299. The van der Waals surface area contributed by atoms with Crippen molar-refractivity contribution in [3.8, 4) is 11.8 Å². The molecule has 0 fully saturated rings. The Hall–Kier alpha value is -1.63. The van der Waals surface area contributed by atoms with Gasteiger partial charge in [0.2, 0.25) is 0 Å². The Bertz CT molecular complexity index is 622. The van der Waals surface area contributed by atoms with Gasteiger partial charge in [-0.15, -0.1) is 11.8 Å². The highest BCUT2D eigenvalue weighted by molar-refractivity contribution is 7.98. The van der Waals surface area contributed by atoms with Gasteiger partial charge in [-0.05, 0) is 30.5 Å². The maximum Gasteiger partial charge on any atom is 0.133 e. The molecule has 2 aromatic carbocycles. The Morgan fingerprint density at radius 2 is 2.05 bits per heavy atom. The number of ether oxygens (including phenoxy) is 1. The highest BCUT2D eigenvalue weighted by Gasteiger charge is 2.05. The number of para-hydroxylation sites is 1. The zero-order valence-corrected chi connectivity index (χ0v) is 12.0. The zero-order valence-electron chi connectivity index (χ0n) is 10.4. The minimum absolute atomic E-state index is 0.391. The molecule has 0 heterocycles. The van der Waals surface area contributed by atoms with Crippen molar-refractivity contribution in [3.05, 3.63) is 58.6 Å². The van der Waals surface area contributed by atoms with Crippen LogP contribution in [0.25, 0.3) is 0 Å². The second kappa shape index (κ2) is 6.51. The van der Waals surface area contributed by atoms with E-state index in [1.165, 1.54) is 0 Å². The van der Waals surface area contributed by atoms with E-state index in [9.17, 15) is 0 Å². The van der Waals surface area contributed by atoms with Crippen molar-refractivity contribution in [1.82, 2.24) is 0 Å². The Balaban J connectivity index is 2.13. The normalized spacial score (nSPS) is 9.95. The van der Waals surface area contributed by atoms with E-state index in [2.05, 4.69) is 6.07 Å². The largest absolute Gasteiger partial charge is 0.488 e. The minimum atomic E-state index is 0.391. The predicted molar refractivity (Wildman–Crippen MR) is 78.7 cm³/mol. The van der Waals surface area contributed by atoms with Gasteiger partial charge >= 0.3 is 0 Å². The van der Waals surface area contributed by atoms with Gasteiger partial charge in [0, 0.05) is 15.5 Å². The highest BCUT2D eigenvalue weighted by Crippen LogP contribution is 2.28. The van der Waals surface area contributed by atoms with Gasteiger partial charge in [-0.2, -0.15) is 5.26 Å². The summed E-state index contributed by atoms with van der Waals surface area (Å²) in [7, 11) is 0. The van der Waals surface area contributed by atoms with Crippen molar-refractivity contribution in [2.24, 2.45) is 0 Å². The van der Waals surface area contributed by atoms with Crippen molar-refractivity contribution in [2.45, 2.75) is 11.5 Å². The van der Waals surface area contributed by atoms with Crippen molar-refractivity contribution in [1.29, 1.82) is 5.26 Å². The lowest BCUT2D eigenvalue weighted by Gasteiger charge is -2.10. The molecule has 0 aromatic heterocycles. The molecule has 2 aromatic rings. The summed E-state index contributed by atoms with van der Waals surface area (Å²) in [6.45, 7) is 0.391. The molecule has 0 saturated heterocycles. The van der Waals surface area contributed by atoms with Gasteiger partial charge in [-0.3, -0.25) is 0 Å². The van der Waals surface area contributed by atoms with Crippen LogP contribution in [0.2, 0.25) is 5.02 Å². The summed E-state index contributed by atoms with van der Waals surface area (Å²) in [5.74, 6) is 0.843. The van der Waals surface area contributed by atoms with E-state index in [4.69, 9.17) is 21.6 Å². The number of rotatable bonds is 4. The van der Waals surface area contributed by atoms with E-state index >= 15 is 0 Å². The van der Waals surface area contributed by atoms with Gasteiger partial charge in [0.15, 0.2) is 0 Å². The lowest BCUT2D eigenvalue weighted by atomic mass is 10.1. The Morgan fingerprint density at radius 3 is 2.74 bits per heavy atom. The third-order valence-corrected chi connectivity index (χ3v) is 3.76. The molecule has 0 spiro atoms. The predicted octanol–water partition coefficient (Wildman–Crippen LogP) is 4.51. The quantitative estimate of drug-likeness (QED) is 0.776. The topological polar surface area (TPSA) is 33.0 Å². The van der Waals surface area contributed by atoms with Gasteiger partial charge in [-0.25, -0.2) is 0 Å². The Labute approximate surface area is 122 Å². The molecule has 0 N–H and O–H groups in total. The van der Waals surface area contributed by atoms with Crippen LogP contribution in [0, 0.1) is 11.3 Å². The second-order valence-corrected chi connectivity index (χ2v) is 5.11. The number of hydrogen-bond donors (Lipinski definition) is 0. The molecular formula is C15H12ClNOS. The van der Waals surface area contributed by atoms with Gasteiger partial charge in [0.05, 0.1) is 11.6 Å². The van der Waals surface area contributed by atoms with E-state index in [1.54, 1.807) is 23.9 Å². The summed E-state index contributed by atoms with van der Waals surface area (Å²) < 4.78 is 5.78. The molecule has 4 heteroatoms. The summed E-state index contributed by atoms with van der Waals surface area (Å²) in [6, 6.07) is 15.1. The Morgan fingerprint density at radius 1 is 1.26 bits per heavy atom. The first-order chi connectivity index (χ1) is 9.24. The van der Waals surface area contributed by atoms with E-state index in [1.807, 2.05) is 36.6 Å². The molecule has 96 valence electrons. The van der Waals surface area contributed by atoms with E-state index in [0.717, 1.165) is 16.2 Å². The molecule has 0 atom stereocenters. The fourth-order valence-corrected chi connectivity index (χ4v) is 2.41. The van der Waals surface area contributed by atoms with Crippen LogP contribution in [0.1, 0.15) is 11.1 Å². The third kappa shape index (κ3) is 3.44. The van der Waals surface area contributed by atoms with Crippen LogP contribution < -0.4 is 4.74 Å². The maximum absolute atomic E-state index is 8.79. The van der Waals surface area contributed by atoms with Crippen molar-refractivity contribution in [2.75, 3.05) is 6.26 Å². The fraction of sp³-hybridized carbons (Fsp3) is 0.133. The summed E-state index contributed by atoms with van der Waals surface area (Å²) in [5.41, 5.74) is 1.43. The van der Waals surface area contributed by atoms with E-state index in [-0.39, 0.29) is 0 Å². The molecule has 0 radical (unpaired) electrons. The molecule has 0 aliphatic heterocycles. The van der Waals surface area contributed by atoms with Crippen LogP contribution in [-0.2, 0) is 6.61 Å². The van der Waals surface area contributed by atoms with Crippen LogP contribution in [0.4, 0.5) is 0 Å². The van der Waals surface area contributed by atoms with Gasteiger partial charge in [0.25, 0.3) is 0 Å². The van der Waals surface area contributed by atoms with Crippen LogP contribution in [0.5, 0.6) is 5.75 Å². The third-order valence-electron chi connectivity index (χ3n) is 2.63. The first-order valence-corrected chi connectivity index (χ1v) is 7.29. The molecular weight excluding hydrogens is 278 g/mol.